The van der Waals surface area contributed by atoms with E-state index in [1.807, 2.05) is 0 Å². The number of primary sulfonamides is 1. The average molecular weight is 510 g/mol. The molecule has 8 nitrogen and oxygen atoms in total. The number of nitrogens with two attached hydrogens (primary N) is 1. The molecule has 3 fully saturated rings. The Kier molecular flexibility index (Phi) is 6.75. The van der Waals surface area contributed by atoms with Gasteiger partial charge in [-0.3, -0.25) is 4.79 Å². The fourth-order valence-corrected chi connectivity index (χ4v) is 7.48. The maximum atomic E-state index is 12.7. The summed E-state index contributed by atoms with van der Waals surface area (Å²) in [5.41, 5.74) is 0. The van der Waals surface area contributed by atoms with Crippen LogP contribution in [-0.4, -0.2) is 73.8 Å². The summed E-state index contributed by atoms with van der Waals surface area (Å²) >= 11 is 13.3. The van der Waals surface area contributed by atoms with Crippen molar-refractivity contribution in [3.8, 4) is 0 Å². The number of carbonyl (C=O) groups is 2. The van der Waals surface area contributed by atoms with Gasteiger partial charge in [0, 0.05) is 48.8 Å². The van der Waals surface area contributed by atoms with E-state index in [0.717, 1.165) is 30.6 Å². The molecular formula is C19H25Cl2N3O5S2. The van der Waals surface area contributed by atoms with E-state index in [1.54, 1.807) is 9.80 Å². The van der Waals surface area contributed by atoms with Crippen molar-refractivity contribution in [1.82, 2.24) is 9.80 Å². The normalized spacial score (nSPS) is 31.0. The van der Waals surface area contributed by atoms with Gasteiger partial charge in [-0.25, -0.2) is 18.4 Å². The Bertz CT molecular complexity index is 932. The highest BCUT2D eigenvalue weighted by molar-refractivity contribution is 7.91. The van der Waals surface area contributed by atoms with Crippen molar-refractivity contribution in [2.24, 2.45) is 22.9 Å². The molecule has 2 amide bonds. The van der Waals surface area contributed by atoms with E-state index in [4.69, 9.17) is 33.1 Å². The van der Waals surface area contributed by atoms with Crippen LogP contribution in [0.15, 0.2) is 16.3 Å². The van der Waals surface area contributed by atoms with Crippen molar-refractivity contribution in [2.45, 2.75) is 34.2 Å². The molecule has 0 radical (unpaired) electrons. The molecule has 172 valence electrons. The van der Waals surface area contributed by atoms with Gasteiger partial charge in [0.15, 0.2) is 0 Å². The molecule has 2 N–H and O–H groups in total. The lowest BCUT2D eigenvalue weighted by atomic mass is 9.89. The van der Waals surface area contributed by atoms with Crippen molar-refractivity contribution in [3.05, 3.63) is 17.0 Å². The maximum Gasteiger partial charge on any atom is 0.409 e. The summed E-state index contributed by atoms with van der Waals surface area (Å²) < 4.78 is 28.4. The van der Waals surface area contributed by atoms with Crippen LogP contribution in [0.3, 0.4) is 0 Å². The number of rotatable bonds is 4. The van der Waals surface area contributed by atoms with E-state index in [2.05, 4.69) is 0 Å². The van der Waals surface area contributed by atoms with Crippen LogP contribution in [0, 0.1) is 17.8 Å². The highest BCUT2D eigenvalue weighted by Crippen LogP contribution is 2.34. The number of likely N-dealkylation sites (tertiary alicyclic amines) is 2. The van der Waals surface area contributed by atoms with Gasteiger partial charge in [0.2, 0.25) is 10.0 Å². The van der Waals surface area contributed by atoms with Gasteiger partial charge in [0.25, 0.3) is 5.91 Å². The largest absolute Gasteiger partial charge is 0.449 e. The quantitative estimate of drug-likeness (QED) is 0.627. The van der Waals surface area contributed by atoms with E-state index in [-0.39, 0.29) is 44.7 Å². The summed E-state index contributed by atoms with van der Waals surface area (Å²) in [6.45, 7) is 2.47. The van der Waals surface area contributed by atoms with Gasteiger partial charge >= 0.3 is 6.09 Å². The Morgan fingerprint density at radius 3 is 2.16 bits per heavy atom. The minimum atomic E-state index is -3.82. The van der Waals surface area contributed by atoms with Crippen LogP contribution in [-0.2, 0) is 14.8 Å². The Morgan fingerprint density at radius 1 is 1.03 bits per heavy atom. The monoisotopic (exact) mass is 509 g/mol. The smallest absolute Gasteiger partial charge is 0.409 e. The minimum Gasteiger partial charge on any atom is -0.449 e. The van der Waals surface area contributed by atoms with Crippen molar-refractivity contribution < 1.29 is 22.7 Å². The second-order valence-electron chi connectivity index (χ2n) is 8.64. The molecule has 31 heavy (non-hydrogen) atoms. The van der Waals surface area contributed by atoms with E-state index in [9.17, 15) is 18.0 Å². The molecule has 0 spiro atoms. The third-order valence-electron chi connectivity index (χ3n) is 6.24. The topological polar surface area (TPSA) is 110 Å². The van der Waals surface area contributed by atoms with Crippen molar-refractivity contribution in [1.29, 1.82) is 0 Å². The maximum absolute atomic E-state index is 12.7. The molecule has 12 heteroatoms. The zero-order valence-corrected chi connectivity index (χ0v) is 19.9. The summed E-state index contributed by atoms with van der Waals surface area (Å²) in [6, 6.07) is 2.85. The number of alkyl halides is 2. The van der Waals surface area contributed by atoms with Gasteiger partial charge < -0.3 is 14.5 Å². The molecule has 0 bridgehead atoms. The van der Waals surface area contributed by atoms with Gasteiger partial charge in [0.05, 0.1) is 11.5 Å². The van der Waals surface area contributed by atoms with Gasteiger partial charge in [-0.2, -0.15) is 0 Å². The van der Waals surface area contributed by atoms with Crippen LogP contribution < -0.4 is 5.14 Å². The third kappa shape index (κ3) is 5.30. The third-order valence-corrected chi connectivity index (χ3v) is 9.46. The Labute approximate surface area is 195 Å². The second-order valence-corrected chi connectivity index (χ2v) is 12.8. The lowest BCUT2D eigenvalue weighted by Crippen LogP contribution is -2.36. The number of ether oxygens (including phenoxy) is 1. The molecule has 3 aliphatic rings. The molecule has 4 atom stereocenters. The first-order valence-corrected chi connectivity index (χ1v) is 13.5. The van der Waals surface area contributed by atoms with Gasteiger partial charge in [-0.15, -0.1) is 34.5 Å². The van der Waals surface area contributed by atoms with E-state index in [1.165, 1.54) is 12.1 Å². The number of nitrogens with zero attached hydrogens (tertiary/aromatic N) is 2. The van der Waals surface area contributed by atoms with E-state index < -0.39 is 10.0 Å². The van der Waals surface area contributed by atoms with Crippen LogP contribution in [0.5, 0.6) is 0 Å². The Morgan fingerprint density at radius 2 is 1.61 bits per heavy atom. The van der Waals surface area contributed by atoms with Crippen molar-refractivity contribution in [3.63, 3.8) is 0 Å². The molecule has 2 saturated heterocycles. The first-order chi connectivity index (χ1) is 14.6. The number of amides is 2. The summed E-state index contributed by atoms with van der Waals surface area (Å²) in [6.07, 6.45) is 2.06. The van der Waals surface area contributed by atoms with Crippen molar-refractivity contribution in [2.75, 3.05) is 32.8 Å². The molecule has 0 aromatic carbocycles. The molecule has 1 saturated carbocycles. The summed E-state index contributed by atoms with van der Waals surface area (Å²) in [7, 11) is -3.82. The molecular weight excluding hydrogens is 485 g/mol. The Hall–Kier alpha value is -1.07. The number of hydrogen-bond acceptors (Lipinski definition) is 6. The van der Waals surface area contributed by atoms with Crippen molar-refractivity contribution >= 4 is 56.6 Å². The second kappa shape index (κ2) is 9.05. The van der Waals surface area contributed by atoms with Crippen LogP contribution >= 0.6 is 34.5 Å². The number of halogens is 2. The minimum absolute atomic E-state index is 0.0249. The summed E-state index contributed by atoms with van der Waals surface area (Å²) in [4.78, 5) is 29.0. The molecule has 3 heterocycles. The number of hydrogen-bond donors (Lipinski definition) is 1. The molecule has 2 aliphatic heterocycles. The molecule has 1 aliphatic carbocycles. The number of thiophene rings is 1. The summed E-state index contributed by atoms with van der Waals surface area (Å²) in [5.74, 6) is 0.351. The van der Waals surface area contributed by atoms with E-state index in [0.29, 0.717) is 37.7 Å². The van der Waals surface area contributed by atoms with Crippen LogP contribution in [0.4, 0.5) is 4.79 Å². The molecule has 4 rings (SSSR count). The first-order valence-electron chi connectivity index (χ1n) is 10.2. The average Bonchev–Trinajstić information content (AvgIpc) is 3.38. The van der Waals surface area contributed by atoms with Crippen LogP contribution in [0.1, 0.15) is 28.9 Å². The number of fused-ring (bicyclic) bond motifs is 1. The van der Waals surface area contributed by atoms with Crippen LogP contribution in [0.2, 0.25) is 0 Å². The molecule has 1 aromatic rings. The summed E-state index contributed by atoms with van der Waals surface area (Å²) in [5, 5.41) is 5.18. The Balaban J connectivity index is 1.26. The molecule has 1 aromatic heterocycles. The van der Waals surface area contributed by atoms with Gasteiger partial charge in [-0.05, 0) is 37.3 Å². The predicted molar refractivity (Wildman–Crippen MR) is 118 cm³/mol. The zero-order chi connectivity index (χ0) is 22.3. The van der Waals surface area contributed by atoms with Crippen LogP contribution in [0.25, 0.3) is 0 Å². The highest BCUT2D eigenvalue weighted by atomic mass is 35.5. The number of sulfonamides is 1. The SMILES string of the molecule is NS(=O)(=O)c1ccc(C(=O)N2CC3CN(C(=O)OCC4CC(Cl)CC(Cl)C4)CC3C2)s1. The fourth-order valence-electron chi connectivity index (χ4n) is 4.76. The molecule has 4 unspecified atom stereocenters. The van der Waals surface area contributed by atoms with E-state index >= 15 is 0 Å². The fraction of sp³-hybridized carbons (Fsp3) is 0.684. The lowest BCUT2D eigenvalue weighted by Gasteiger charge is -2.29. The predicted octanol–water partition coefficient (Wildman–Crippen LogP) is 2.55. The van der Waals surface area contributed by atoms with Gasteiger partial charge in [-0.1, -0.05) is 0 Å². The van der Waals surface area contributed by atoms with Gasteiger partial charge in [0.1, 0.15) is 4.21 Å². The zero-order valence-electron chi connectivity index (χ0n) is 16.8. The first kappa shape index (κ1) is 23.1. The highest BCUT2D eigenvalue weighted by Gasteiger charge is 2.44. The standard InChI is InChI=1S/C19H25Cl2N3O5S2/c20-14-3-11(4-15(21)5-14)10-29-19(26)24-8-12-6-23(7-13(12)9-24)18(25)16-1-2-17(30-16)31(22,27)28/h1-2,11-15H,3-10H2,(H2,22,27,28). The lowest BCUT2D eigenvalue weighted by molar-refractivity contribution is 0.0751. The number of carbonyl (C=O) groups excluding carboxylic acids is 2.